The van der Waals surface area contributed by atoms with E-state index >= 15 is 0 Å². The van der Waals surface area contributed by atoms with Crippen molar-refractivity contribution in [3.8, 4) is 17.2 Å². The lowest BCUT2D eigenvalue weighted by molar-refractivity contribution is -0.142. The molecule has 5 rings (SSSR count). The standard InChI is InChI=1S/C35H32N4O6S/c36-22-27-11-7-8-14-30(27)26-17-15-25(16-18-26)19-31(35(42)43)38-34(41)32-21-28(37-33(40)20-24-9-3-1-4-10-24)23-39(32)46(44,45)29-12-5-2-6-13-29/h1-18,28,31-32H,19-21,23H2,(H,37,40)(H,38,41)(H,42,43)/t28-,31?,32?/m0/s1. The van der Waals surface area contributed by atoms with E-state index in [9.17, 15) is 33.2 Å². The third kappa shape index (κ3) is 7.48. The van der Waals surface area contributed by atoms with Gasteiger partial charge in [0.15, 0.2) is 0 Å². The first kappa shape index (κ1) is 32.1. The van der Waals surface area contributed by atoms with Crippen molar-refractivity contribution >= 4 is 27.8 Å². The molecular formula is C35H32N4O6S. The monoisotopic (exact) mass is 636 g/mol. The van der Waals surface area contributed by atoms with E-state index in [0.717, 1.165) is 21.0 Å². The van der Waals surface area contributed by atoms with Crippen LogP contribution in [0.3, 0.4) is 0 Å². The van der Waals surface area contributed by atoms with Crippen LogP contribution in [0.5, 0.6) is 0 Å². The first-order valence-electron chi connectivity index (χ1n) is 14.7. The summed E-state index contributed by atoms with van der Waals surface area (Å²) in [5.41, 5.74) is 3.44. The first-order valence-corrected chi connectivity index (χ1v) is 16.1. The Labute approximate surface area is 267 Å². The van der Waals surface area contributed by atoms with Crippen LogP contribution in [-0.4, -0.2) is 60.3 Å². The maximum atomic E-state index is 13.7. The van der Waals surface area contributed by atoms with E-state index < -0.39 is 40.0 Å². The number of benzene rings is 4. The zero-order valence-corrected chi connectivity index (χ0v) is 25.6. The molecule has 0 radical (unpaired) electrons. The Hall–Kier alpha value is -5.31. The van der Waals surface area contributed by atoms with E-state index in [-0.39, 0.29) is 36.6 Å². The topological polar surface area (TPSA) is 157 Å². The molecule has 10 nitrogen and oxygen atoms in total. The average Bonchev–Trinajstić information content (AvgIpc) is 3.50. The van der Waals surface area contributed by atoms with E-state index in [1.165, 1.54) is 12.1 Å². The molecule has 0 bridgehead atoms. The zero-order chi connectivity index (χ0) is 32.7. The summed E-state index contributed by atoms with van der Waals surface area (Å²) in [6.07, 6.45) is -0.00395. The van der Waals surface area contributed by atoms with Gasteiger partial charge in [-0.1, -0.05) is 91.0 Å². The molecule has 46 heavy (non-hydrogen) atoms. The third-order valence-corrected chi connectivity index (χ3v) is 9.74. The van der Waals surface area contributed by atoms with Gasteiger partial charge in [-0.05, 0) is 46.9 Å². The van der Waals surface area contributed by atoms with Crippen LogP contribution in [-0.2, 0) is 37.2 Å². The van der Waals surface area contributed by atoms with Gasteiger partial charge in [0.1, 0.15) is 12.1 Å². The van der Waals surface area contributed by atoms with Crippen LogP contribution in [0.25, 0.3) is 11.1 Å². The smallest absolute Gasteiger partial charge is 0.326 e. The van der Waals surface area contributed by atoms with Crippen molar-refractivity contribution in [2.75, 3.05) is 6.54 Å². The van der Waals surface area contributed by atoms with Crippen LogP contribution < -0.4 is 10.6 Å². The molecule has 0 aliphatic carbocycles. The molecule has 2 amide bonds. The Morgan fingerprint density at radius 3 is 2.15 bits per heavy atom. The number of nitrogens with one attached hydrogen (secondary N) is 2. The summed E-state index contributed by atoms with van der Waals surface area (Å²) in [7, 11) is -4.16. The lowest BCUT2D eigenvalue weighted by Crippen LogP contribution is -2.51. The number of rotatable bonds is 11. The molecule has 1 saturated heterocycles. The lowest BCUT2D eigenvalue weighted by Gasteiger charge is -2.25. The number of aliphatic carboxylic acids is 1. The molecule has 0 aromatic heterocycles. The number of carboxylic acids is 1. The summed E-state index contributed by atoms with van der Waals surface area (Å²) in [5, 5.41) is 24.8. The number of nitrogens with zero attached hydrogens (tertiary/aromatic N) is 2. The highest BCUT2D eigenvalue weighted by Gasteiger charge is 2.45. The summed E-state index contributed by atoms with van der Waals surface area (Å²) in [4.78, 5) is 38.7. The molecule has 4 aromatic carbocycles. The molecule has 2 unspecified atom stereocenters. The van der Waals surface area contributed by atoms with Crippen molar-refractivity contribution in [1.29, 1.82) is 5.26 Å². The van der Waals surface area contributed by atoms with Crippen molar-refractivity contribution < 1.29 is 27.9 Å². The molecule has 1 fully saturated rings. The Morgan fingerprint density at radius 1 is 0.870 bits per heavy atom. The van der Waals surface area contributed by atoms with E-state index in [4.69, 9.17) is 0 Å². The first-order chi connectivity index (χ1) is 22.2. The van der Waals surface area contributed by atoms with Gasteiger partial charge in [0.2, 0.25) is 21.8 Å². The number of carbonyl (C=O) groups is 3. The third-order valence-electron chi connectivity index (χ3n) is 7.85. The molecular weight excluding hydrogens is 604 g/mol. The number of sulfonamides is 1. The van der Waals surface area contributed by atoms with Crippen LogP contribution in [0.4, 0.5) is 0 Å². The van der Waals surface area contributed by atoms with Gasteiger partial charge in [0.05, 0.1) is 22.9 Å². The second-order valence-corrected chi connectivity index (χ2v) is 12.9. The number of amides is 2. The number of carbonyl (C=O) groups excluding carboxylic acids is 2. The molecule has 4 aromatic rings. The predicted molar refractivity (Wildman–Crippen MR) is 171 cm³/mol. The Kier molecular flexibility index (Phi) is 9.91. The van der Waals surface area contributed by atoms with Gasteiger partial charge in [-0.3, -0.25) is 9.59 Å². The molecule has 11 heteroatoms. The van der Waals surface area contributed by atoms with Gasteiger partial charge < -0.3 is 15.7 Å². The fourth-order valence-corrected chi connectivity index (χ4v) is 7.22. The number of hydrogen-bond acceptors (Lipinski definition) is 6. The van der Waals surface area contributed by atoms with Crippen molar-refractivity contribution in [3.63, 3.8) is 0 Å². The van der Waals surface area contributed by atoms with Crippen molar-refractivity contribution in [2.24, 2.45) is 0 Å². The number of carboxylic acid groups (broad SMARTS) is 1. The highest BCUT2D eigenvalue weighted by molar-refractivity contribution is 7.89. The van der Waals surface area contributed by atoms with Crippen LogP contribution >= 0.6 is 0 Å². The van der Waals surface area contributed by atoms with Gasteiger partial charge in [-0.25, -0.2) is 13.2 Å². The van der Waals surface area contributed by atoms with Crippen LogP contribution in [0, 0.1) is 11.3 Å². The lowest BCUT2D eigenvalue weighted by atomic mass is 9.97. The van der Waals surface area contributed by atoms with Crippen molar-refractivity contribution in [1.82, 2.24) is 14.9 Å². The van der Waals surface area contributed by atoms with Gasteiger partial charge in [-0.2, -0.15) is 9.57 Å². The normalized spacial score (nSPS) is 17.0. The molecule has 1 aliphatic heterocycles. The Bertz CT molecular complexity index is 1860. The van der Waals surface area contributed by atoms with Gasteiger partial charge in [0, 0.05) is 19.0 Å². The molecule has 234 valence electrons. The Morgan fingerprint density at radius 2 is 1.50 bits per heavy atom. The molecule has 3 atom stereocenters. The van der Waals surface area contributed by atoms with E-state index in [1.807, 2.05) is 42.5 Å². The van der Waals surface area contributed by atoms with E-state index in [2.05, 4.69) is 16.7 Å². The summed E-state index contributed by atoms with van der Waals surface area (Å²) in [6.45, 7) is -0.154. The van der Waals surface area contributed by atoms with Gasteiger partial charge in [0.25, 0.3) is 0 Å². The largest absolute Gasteiger partial charge is 0.480 e. The number of hydrogen-bond donors (Lipinski definition) is 3. The summed E-state index contributed by atoms with van der Waals surface area (Å²) in [5.74, 6) is -2.37. The van der Waals surface area contributed by atoms with Crippen LogP contribution in [0.15, 0.2) is 114 Å². The molecule has 0 spiro atoms. The second kappa shape index (κ2) is 14.2. The quantitative estimate of drug-likeness (QED) is 0.227. The van der Waals surface area contributed by atoms with Crippen LogP contribution in [0.2, 0.25) is 0 Å². The Balaban J connectivity index is 1.33. The fraction of sp³-hybridized carbons (Fsp3) is 0.200. The summed E-state index contributed by atoms with van der Waals surface area (Å²) >= 11 is 0. The molecule has 0 saturated carbocycles. The maximum absolute atomic E-state index is 13.7. The van der Waals surface area contributed by atoms with Crippen molar-refractivity contribution in [3.05, 3.63) is 126 Å². The van der Waals surface area contributed by atoms with Crippen molar-refractivity contribution in [2.45, 2.75) is 42.3 Å². The van der Waals surface area contributed by atoms with Gasteiger partial charge >= 0.3 is 5.97 Å². The summed E-state index contributed by atoms with van der Waals surface area (Å²) < 4.78 is 28.4. The summed E-state index contributed by atoms with van der Waals surface area (Å²) in [6, 6.07) is 29.8. The SMILES string of the molecule is N#Cc1ccccc1-c1ccc(CC(NC(=O)C2C[C@H](NC(=O)Cc3ccccc3)CN2S(=O)(=O)c2ccccc2)C(=O)O)cc1. The predicted octanol–water partition coefficient (Wildman–Crippen LogP) is 3.53. The average molecular weight is 637 g/mol. The molecule has 3 N–H and O–H groups in total. The number of nitriles is 1. The molecule has 1 aliphatic rings. The maximum Gasteiger partial charge on any atom is 0.326 e. The minimum Gasteiger partial charge on any atom is -0.480 e. The highest BCUT2D eigenvalue weighted by atomic mass is 32.2. The zero-order valence-electron chi connectivity index (χ0n) is 24.7. The fourth-order valence-electron chi connectivity index (χ4n) is 5.56. The van der Waals surface area contributed by atoms with E-state index in [0.29, 0.717) is 11.1 Å². The molecule has 1 heterocycles. The van der Waals surface area contributed by atoms with Crippen LogP contribution in [0.1, 0.15) is 23.1 Å². The minimum atomic E-state index is -4.16. The highest BCUT2D eigenvalue weighted by Crippen LogP contribution is 2.28. The van der Waals surface area contributed by atoms with Gasteiger partial charge in [-0.15, -0.1) is 0 Å². The minimum absolute atomic E-state index is 0.0168. The second-order valence-electron chi connectivity index (χ2n) is 11.0. The van der Waals surface area contributed by atoms with E-state index in [1.54, 1.807) is 54.6 Å².